The minimum Gasteiger partial charge on any atom is -0.394 e. The highest BCUT2D eigenvalue weighted by Gasteiger charge is 2.42. The van der Waals surface area contributed by atoms with Gasteiger partial charge in [-0.2, -0.15) is 0 Å². The van der Waals surface area contributed by atoms with Crippen molar-refractivity contribution in [1.82, 2.24) is 10.2 Å². The highest BCUT2D eigenvalue weighted by molar-refractivity contribution is 5.00. The van der Waals surface area contributed by atoms with E-state index >= 15 is 0 Å². The molecule has 1 aliphatic carbocycles. The van der Waals surface area contributed by atoms with Crippen molar-refractivity contribution in [2.75, 3.05) is 19.7 Å². The summed E-state index contributed by atoms with van der Waals surface area (Å²) in [7, 11) is 0. The minimum atomic E-state index is -0.0248. The van der Waals surface area contributed by atoms with Gasteiger partial charge in [-0.1, -0.05) is 34.1 Å². The predicted molar refractivity (Wildman–Crippen MR) is 87.0 cm³/mol. The zero-order chi connectivity index (χ0) is 15.2. The Kier molecular flexibility index (Phi) is 7.49. The molecular formula is C17H36N2O. The van der Waals surface area contributed by atoms with Crippen molar-refractivity contribution in [1.29, 1.82) is 0 Å². The van der Waals surface area contributed by atoms with Crippen molar-refractivity contribution in [2.24, 2.45) is 5.92 Å². The minimum absolute atomic E-state index is 0.0248. The van der Waals surface area contributed by atoms with Gasteiger partial charge >= 0.3 is 0 Å². The maximum atomic E-state index is 9.94. The van der Waals surface area contributed by atoms with Gasteiger partial charge in [-0.05, 0) is 51.6 Å². The summed E-state index contributed by atoms with van der Waals surface area (Å²) in [6.45, 7) is 13.8. The molecule has 0 heterocycles. The molecule has 0 aromatic carbocycles. The number of aliphatic hydroxyl groups is 1. The van der Waals surface area contributed by atoms with Gasteiger partial charge < -0.3 is 15.3 Å². The summed E-state index contributed by atoms with van der Waals surface area (Å²) in [6.07, 6.45) is 6.06. The lowest BCUT2D eigenvalue weighted by molar-refractivity contribution is 0.0987. The van der Waals surface area contributed by atoms with E-state index in [9.17, 15) is 5.11 Å². The molecule has 2 N–H and O–H groups in total. The second kappa shape index (κ2) is 8.35. The zero-order valence-electron chi connectivity index (χ0n) is 14.3. The second-order valence-corrected chi connectivity index (χ2v) is 6.88. The lowest BCUT2D eigenvalue weighted by Gasteiger charge is -2.38. The number of hydrogen-bond donors (Lipinski definition) is 2. The molecule has 0 aliphatic heterocycles. The third-order valence-electron chi connectivity index (χ3n) is 5.20. The van der Waals surface area contributed by atoms with E-state index in [0.29, 0.717) is 18.0 Å². The molecule has 0 aromatic rings. The first kappa shape index (κ1) is 17.9. The van der Waals surface area contributed by atoms with Crippen LogP contribution in [0.2, 0.25) is 0 Å². The summed E-state index contributed by atoms with van der Waals surface area (Å²) in [6, 6.07) is 1.11. The molecular weight excluding hydrogens is 248 g/mol. The summed E-state index contributed by atoms with van der Waals surface area (Å²) in [5.74, 6) is 0.619. The zero-order valence-corrected chi connectivity index (χ0v) is 14.3. The average Bonchev–Trinajstić information content (AvgIpc) is 2.81. The highest BCUT2D eigenvalue weighted by atomic mass is 16.3. The summed E-state index contributed by atoms with van der Waals surface area (Å²) in [5.41, 5.74) is -0.0248. The third-order valence-corrected chi connectivity index (χ3v) is 5.20. The Morgan fingerprint density at radius 3 is 2.50 bits per heavy atom. The number of hydrogen-bond acceptors (Lipinski definition) is 3. The van der Waals surface area contributed by atoms with Gasteiger partial charge in [0.15, 0.2) is 0 Å². The normalized spacial score (nSPS) is 28.5. The quantitative estimate of drug-likeness (QED) is 0.683. The average molecular weight is 284 g/mol. The molecule has 3 heteroatoms. The van der Waals surface area contributed by atoms with Crippen LogP contribution in [0.15, 0.2) is 0 Å². The molecule has 1 aliphatic rings. The molecule has 1 rings (SSSR count). The lowest BCUT2D eigenvalue weighted by atomic mass is 9.84. The van der Waals surface area contributed by atoms with Gasteiger partial charge in [0, 0.05) is 17.6 Å². The van der Waals surface area contributed by atoms with Crippen LogP contribution < -0.4 is 5.32 Å². The molecule has 120 valence electrons. The Hall–Kier alpha value is -0.120. The SMILES string of the molecule is CCC(C)N(CC)CCC1CCCC1(CO)NC(C)C. The van der Waals surface area contributed by atoms with Crippen LogP contribution in [0.25, 0.3) is 0 Å². The first-order valence-corrected chi connectivity index (χ1v) is 8.61. The summed E-state index contributed by atoms with van der Waals surface area (Å²) >= 11 is 0. The van der Waals surface area contributed by atoms with E-state index in [1.807, 2.05) is 0 Å². The molecule has 0 saturated heterocycles. The van der Waals surface area contributed by atoms with Crippen LogP contribution in [-0.4, -0.2) is 47.3 Å². The van der Waals surface area contributed by atoms with Crippen LogP contribution in [0.4, 0.5) is 0 Å². The maximum Gasteiger partial charge on any atom is 0.0616 e. The van der Waals surface area contributed by atoms with E-state index in [0.717, 1.165) is 19.5 Å². The summed E-state index contributed by atoms with van der Waals surface area (Å²) in [5, 5.41) is 13.6. The molecule has 3 atom stereocenters. The molecule has 0 bridgehead atoms. The number of nitrogens with one attached hydrogen (secondary N) is 1. The first-order valence-electron chi connectivity index (χ1n) is 8.61. The largest absolute Gasteiger partial charge is 0.394 e. The molecule has 0 amide bonds. The third kappa shape index (κ3) is 4.44. The van der Waals surface area contributed by atoms with Crippen LogP contribution >= 0.6 is 0 Å². The van der Waals surface area contributed by atoms with Crippen molar-refractivity contribution < 1.29 is 5.11 Å². The van der Waals surface area contributed by atoms with Crippen molar-refractivity contribution in [3.8, 4) is 0 Å². The summed E-state index contributed by atoms with van der Waals surface area (Å²) < 4.78 is 0. The second-order valence-electron chi connectivity index (χ2n) is 6.88. The van der Waals surface area contributed by atoms with Gasteiger partial charge in [0.2, 0.25) is 0 Å². The summed E-state index contributed by atoms with van der Waals surface area (Å²) in [4.78, 5) is 2.58. The Balaban J connectivity index is 2.60. The standard InChI is InChI=1S/C17H36N2O/c1-6-15(5)19(7-2)12-10-16-9-8-11-17(16,13-20)18-14(3)4/h14-16,18,20H,6-13H2,1-5H3. The highest BCUT2D eigenvalue weighted by Crippen LogP contribution is 2.38. The molecule has 0 radical (unpaired) electrons. The Labute approximate surface area is 126 Å². The van der Waals surface area contributed by atoms with Crippen LogP contribution in [0.1, 0.15) is 66.7 Å². The molecule has 3 nitrogen and oxygen atoms in total. The molecule has 0 aromatic heterocycles. The van der Waals surface area contributed by atoms with Gasteiger partial charge in [0.1, 0.15) is 0 Å². The first-order chi connectivity index (χ1) is 9.49. The number of aliphatic hydroxyl groups excluding tert-OH is 1. The van der Waals surface area contributed by atoms with Gasteiger partial charge in [-0.3, -0.25) is 0 Å². The van der Waals surface area contributed by atoms with Crippen molar-refractivity contribution in [3.05, 3.63) is 0 Å². The van der Waals surface area contributed by atoms with Gasteiger partial charge in [-0.15, -0.1) is 0 Å². The molecule has 0 spiro atoms. The fraction of sp³-hybridized carbons (Fsp3) is 1.00. The monoisotopic (exact) mass is 284 g/mol. The van der Waals surface area contributed by atoms with Crippen LogP contribution in [0.3, 0.4) is 0 Å². The van der Waals surface area contributed by atoms with E-state index in [1.165, 1.54) is 25.7 Å². The van der Waals surface area contributed by atoms with Crippen LogP contribution in [0, 0.1) is 5.92 Å². The smallest absolute Gasteiger partial charge is 0.0616 e. The van der Waals surface area contributed by atoms with Crippen molar-refractivity contribution >= 4 is 0 Å². The fourth-order valence-corrected chi connectivity index (χ4v) is 3.85. The lowest BCUT2D eigenvalue weighted by Crippen LogP contribution is -2.54. The van der Waals surface area contributed by atoms with Crippen LogP contribution in [-0.2, 0) is 0 Å². The number of nitrogens with zero attached hydrogens (tertiary/aromatic N) is 1. The van der Waals surface area contributed by atoms with E-state index < -0.39 is 0 Å². The number of rotatable bonds is 9. The molecule has 20 heavy (non-hydrogen) atoms. The maximum absolute atomic E-state index is 9.94. The van der Waals surface area contributed by atoms with Crippen molar-refractivity contribution in [3.63, 3.8) is 0 Å². The van der Waals surface area contributed by atoms with Crippen molar-refractivity contribution in [2.45, 2.75) is 84.3 Å². The van der Waals surface area contributed by atoms with E-state index in [4.69, 9.17) is 0 Å². The van der Waals surface area contributed by atoms with Gasteiger partial charge in [0.05, 0.1) is 6.61 Å². The molecule has 1 saturated carbocycles. The topological polar surface area (TPSA) is 35.5 Å². The Bertz CT molecular complexity index is 270. The van der Waals surface area contributed by atoms with Gasteiger partial charge in [0.25, 0.3) is 0 Å². The Morgan fingerprint density at radius 2 is 2.00 bits per heavy atom. The molecule has 3 unspecified atom stereocenters. The fourth-order valence-electron chi connectivity index (χ4n) is 3.85. The predicted octanol–water partition coefficient (Wildman–Crippen LogP) is 3.03. The molecule has 1 fully saturated rings. The van der Waals surface area contributed by atoms with E-state index in [2.05, 4.69) is 44.8 Å². The Morgan fingerprint density at radius 1 is 1.30 bits per heavy atom. The van der Waals surface area contributed by atoms with Crippen LogP contribution in [0.5, 0.6) is 0 Å². The van der Waals surface area contributed by atoms with Gasteiger partial charge in [-0.25, -0.2) is 0 Å². The van der Waals surface area contributed by atoms with E-state index in [-0.39, 0.29) is 12.1 Å². The van der Waals surface area contributed by atoms with E-state index in [1.54, 1.807) is 0 Å².